The average Bonchev–Trinajstić information content (AvgIpc) is 3.01. The van der Waals surface area contributed by atoms with Crippen molar-refractivity contribution in [2.45, 2.75) is 89.8 Å². The molecule has 0 aromatic heterocycles. The number of hydrogen-bond donors (Lipinski definition) is 3. The highest BCUT2D eigenvalue weighted by Crippen LogP contribution is 2.50. The molecule has 2 aliphatic rings. The van der Waals surface area contributed by atoms with Crippen molar-refractivity contribution in [3.63, 3.8) is 0 Å². The van der Waals surface area contributed by atoms with Crippen molar-refractivity contribution in [3.05, 3.63) is 24.3 Å². The predicted octanol–water partition coefficient (Wildman–Crippen LogP) is 4.03. The molecule has 2 rings (SSSR count). The van der Waals surface area contributed by atoms with Gasteiger partial charge >= 0.3 is 5.97 Å². The summed E-state index contributed by atoms with van der Waals surface area (Å²) in [6.07, 6.45) is 14.7. The number of Topliss-reactive ketones (excluding diaryl/α,β-unsaturated/α-hetero) is 1. The van der Waals surface area contributed by atoms with Crippen LogP contribution < -0.4 is 0 Å². The van der Waals surface area contributed by atoms with Gasteiger partial charge in [0.15, 0.2) is 5.60 Å². The molecule has 0 amide bonds. The molecule has 0 aromatic rings. The first-order chi connectivity index (χ1) is 13.0. The molecule has 28 heavy (non-hydrogen) atoms. The zero-order valence-electron chi connectivity index (χ0n) is 17.5. The van der Waals surface area contributed by atoms with Crippen molar-refractivity contribution in [1.82, 2.24) is 0 Å². The van der Waals surface area contributed by atoms with Crippen LogP contribution in [0.1, 0.15) is 78.6 Å². The third kappa shape index (κ3) is 5.32. The molecule has 4 atom stereocenters. The molecule has 0 saturated heterocycles. The number of carboxylic acid groups (broad SMARTS) is 1. The van der Waals surface area contributed by atoms with E-state index < -0.39 is 17.2 Å². The first-order valence-corrected chi connectivity index (χ1v) is 10.6. The van der Waals surface area contributed by atoms with E-state index in [1.54, 1.807) is 6.08 Å². The normalized spacial score (nSPS) is 33.2. The van der Waals surface area contributed by atoms with Crippen LogP contribution in [0.15, 0.2) is 24.3 Å². The van der Waals surface area contributed by atoms with E-state index in [2.05, 4.69) is 32.9 Å². The van der Waals surface area contributed by atoms with Gasteiger partial charge in [0.1, 0.15) is 11.4 Å². The van der Waals surface area contributed by atoms with E-state index in [0.717, 1.165) is 12.8 Å². The summed E-state index contributed by atoms with van der Waals surface area (Å²) in [7, 11) is 0. The van der Waals surface area contributed by atoms with Gasteiger partial charge in [-0.15, -0.1) is 0 Å². The maximum atomic E-state index is 12.2. The number of hydrogen-bond acceptors (Lipinski definition) is 4. The number of carbonyl (C=O) groups excluding carboxylic acids is 1. The second-order valence-corrected chi connectivity index (χ2v) is 9.46. The van der Waals surface area contributed by atoms with Gasteiger partial charge in [0.2, 0.25) is 0 Å². The summed E-state index contributed by atoms with van der Waals surface area (Å²) >= 11 is 0. The van der Waals surface area contributed by atoms with E-state index in [9.17, 15) is 19.8 Å². The van der Waals surface area contributed by atoms with Crippen molar-refractivity contribution >= 4 is 11.8 Å². The summed E-state index contributed by atoms with van der Waals surface area (Å²) in [6.45, 7) is 6.78. The van der Waals surface area contributed by atoms with Gasteiger partial charge < -0.3 is 15.3 Å². The van der Waals surface area contributed by atoms with E-state index in [1.165, 1.54) is 19.3 Å². The molecule has 0 aliphatic heterocycles. The Hall–Kier alpha value is -1.46. The number of ketones is 1. The molecule has 5 nitrogen and oxygen atoms in total. The van der Waals surface area contributed by atoms with Crippen LogP contribution in [0.2, 0.25) is 0 Å². The van der Waals surface area contributed by atoms with Gasteiger partial charge in [-0.2, -0.15) is 0 Å². The minimum atomic E-state index is -2.03. The molecule has 0 spiro atoms. The van der Waals surface area contributed by atoms with Crippen LogP contribution in [0.5, 0.6) is 0 Å². The quantitative estimate of drug-likeness (QED) is 0.462. The molecule has 2 unspecified atom stereocenters. The molecule has 0 heterocycles. The Morgan fingerprint density at radius 1 is 1.25 bits per heavy atom. The number of carboxylic acids is 1. The van der Waals surface area contributed by atoms with Crippen LogP contribution in [0, 0.1) is 17.3 Å². The van der Waals surface area contributed by atoms with Crippen molar-refractivity contribution < 1.29 is 24.9 Å². The topological polar surface area (TPSA) is 94.8 Å². The largest absolute Gasteiger partial charge is 0.479 e. The number of carbonyl (C=O) groups is 2. The monoisotopic (exact) mass is 392 g/mol. The summed E-state index contributed by atoms with van der Waals surface area (Å²) in [4.78, 5) is 23.2. The molecule has 0 radical (unpaired) electrons. The van der Waals surface area contributed by atoms with E-state index in [0.29, 0.717) is 12.8 Å². The second-order valence-electron chi connectivity index (χ2n) is 9.46. The highest BCUT2D eigenvalue weighted by Gasteiger charge is 2.71. The van der Waals surface area contributed by atoms with Gasteiger partial charge in [0.25, 0.3) is 0 Å². The smallest absolute Gasteiger partial charge is 0.338 e. The Morgan fingerprint density at radius 3 is 2.57 bits per heavy atom. The zero-order chi connectivity index (χ0) is 21.0. The Morgan fingerprint density at radius 2 is 1.96 bits per heavy atom. The summed E-state index contributed by atoms with van der Waals surface area (Å²) in [5, 5.41) is 28.8. The van der Waals surface area contributed by atoms with Crippen LogP contribution in [0.4, 0.5) is 0 Å². The van der Waals surface area contributed by atoms with Crippen LogP contribution in [-0.4, -0.2) is 38.3 Å². The first kappa shape index (κ1) is 22.8. The Kier molecular flexibility index (Phi) is 7.27. The predicted molar refractivity (Wildman–Crippen MR) is 109 cm³/mol. The number of unbranched alkanes of at least 4 members (excludes halogenated alkanes) is 1. The third-order valence-electron chi connectivity index (χ3n) is 6.47. The number of rotatable bonds is 11. The van der Waals surface area contributed by atoms with Crippen LogP contribution in [0.3, 0.4) is 0 Å². The lowest BCUT2D eigenvalue weighted by Gasteiger charge is -2.23. The second kappa shape index (κ2) is 8.91. The van der Waals surface area contributed by atoms with Crippen molar-refractivity contribution in [3.8, 4) is 0 Å². The van der Waals surface area contributed by atoms with Crippen LogP contribution >= 0.6 is 0 Å². The average molecular weight is 393 g/mol. The lowest BCUT2D eigenvalue weighted by Crippen LogP contribution is -2.33. The van der Waals surface area contributed by atoms with Gasteiger partial charge in [-0.1, -0.05) is 57.9 Å². The standard InChI is InChI=1S/C23H36O5/c1-4-5-13-21(2,3)14-8-9-17-11-12-19(24)18(17)10-6-7-15-22(27)16-23(22,28)20(25)26/h6-9,17-18,27-28H,4-5,10-16H2,1-3H3,(H,25,26)/b7-6-,9-8+/t17-,18+,22?,23?/m0/s1. The zero-order valence-corrected chi connectivity index (χ0v) is 17.5. The van der Waals surface area contributed by atoms with Crippen molar-refractivity contribution in [2.24, 2.45) is 17.3 Å². The minimum absolute atomic E-state index is 0.0431. The highest BCUT2D eigenvalue weighted by molar-refractivity contribution is 5.84. The van der Waals surface area contributed by atoms with E-state index in [-0.39, 0.29) is 35.9 Å². The van der Waals surface area contributed by atoms with Crippen molar-refractivity contribution in [2.75, 3.05) is 0 Å². The molecule has 5 heteroatoms. The molecular weight excluding hydrogens is 356 g/mol. The van der Waals surface area contributed by atoms with E-state index in [4.69, 9.17) is 5.11 Å². The lowest BCUT2D eigenvalue weighted by atomic mass is 9.83. The Balaban J connectivity index is 1.84. The van der Waals surface area contributed by atoms with Crippen LogP contribution in [-0.2, 0) is 9.59 Å². The fraction of sp³-hybridized carbons (Fsp3) is 0.739. The van der Waals surface area contributed by atoms with Gasteiger partial charge in [0.05, 0.1) is 0 Å². The van der Waals surface area contributed by atoms with Crippen LogP contribution in [0.25, 0.3) is 0 Å². The van der Waals surface area contributed by atoms with Gasteiger partial charge in [-0.25, -0.2) is 4.79 Å². The summed E-state index contributed by atoms with van der Waals surface area (Å²) in [5.41, 5.74) is -3.33. The molecule has 158 valence electrons. The van der Waals surface area contributed by atoms with Gasteiger partial charge in [-0.05, 0) is 43.4 Å². The summed E-state index contributed by atoms with van der Waals surface area (Å²) < 4.78 is 0. The Labute approximate surface area is 168 Å². The maximum absolute atomic E-state index is 12.2. The fourth-order valence-electron chi connectivity index (χ4n) is 4.21. The SMILES string of the molecule is CCCCC(C)(C)C/C=C/[C@H]1CCC(=O)[C@@H]1C/C=C\CC1(O)CC1(O)C(=O)O. The summed E-state index contributed by atoms with van der Waals surface area (Å²) in [5.74, 6) is -0.907. The molecule has 2 fully saturated rings. The first-order valence-electron chi connectivity index (χ1n) is 10.6. The Bertz CT molecular complexity index is 635. The fourth-order valence-corrected chi connectivity index (χ4v) is 4.21. The molecule has 3 N–H and O–H groups in total. The molecule has 2 saturated carbocycles. The number of aliphatic carboxylic acids is 1. The van der Waals surface area contributed by atoms with Crippen molar-refractivity contribution in [1.29, 1.82) is 0 Å². The van der Waals surface area contributed by atoms with E-state index >= 15 is 0 Å². The number of allylic oxidation sites excluding steroid dienone is 3. The van der Waals surface area contributed by atoms with Gasteiger partial charge in [-0.3, -0.25) is 4.79 Å². The molecule has 0 bridgehead atoms. The van der Waals surface area contributed by atoms with Gasteiger partial charge in [0, 0.05) is 18.8 Å². The third-order valence-corrected chi connectivity index (χ3v) is 6.47. The molecule has 0 aromatic carbocycles. The highest BCUT2D eigenvalue weighted by atomic mass is 16.4. The molecule has 2 aliphatic carbocycles. The summed E-state index contributed by atoms with van der Waals surface area (Å²) in [6, 6.07) is 0. The maximum Gasteiger partial charge on any atom is 0.338 e. The lowest BCUT2D eigenvalue weighted by molar-refractivity contribution is -0.154. The number of aliphatic hydroxyl groups is 2. The molecular formula is C23H36O5. The van der Waals surface area contributed by atoms with E-state index in [1.807, 2.05) is 6.08 Å². The minimum Gasteiger partial charge on any atom is -0.479 e.